The molecule has 0 aromatic heterocycles. The van der Waals surface area contributed by atoms with Crippen LogP contribution in [0.15, 0.2) is 0 Å². The molecule has 7 heavy (non-hydrogen) atoms. The number of rotatable bonds is 0. The highest BCUT2D eigenvalue weighted by Crippen LogP contribution is 2.15. The molecule has 2 nitrogen and oxygen atoms in total. The van der Waals surface area contributed by atoms with Crippen LogP contribution in [0.4, 0.5) is 0 Å². The molecule has 0 amide bonds. The molecule has 0 heterocycles. The van der Waals surface area contributed by atoms with Gasteiger partial charge >= 0.3 is 0 Å². The van der Waals surface area contributed by atoms with Crippen LogP contribution in [0.5, 0.6) is 0 Å². The fourth-order valence-corrected chi connectivity index (χ4v) is 0.969. The maximum Gasteiger partial charge on any atom is 0.0691 e. The van der Waals surface area contributed by atoms with E-state index in [1.165, 1.54) is 0 Å². The Hall–Kier alpha value is -0.0800. The van der Waals surface area contributed by atoms with Crippen molar-refractivity contribution in [2.45, 2.75) is 31.4 Å². The van der Waals surface area contributed by atoms with Crippen LogP contribution < -0.4 is 5.73 Å². The van der Waals surface area contributed by atoms with Crippen LogP contribution in [0.3, 0.4) is 0 Å². The van der Waals surface area contributed by atoms with E-state index in [0.717, 1.165) is 19.3 Å². The van der Waals surface area contributed by atoms with Crippen molar-refractivity contribution in [1.82, 2.24) is 0 Å². The summed E-state index contributed by atoms with van der Waals surface area (Å²) in [6.45, 7) is 0. The van der Waals surface area contributed by atoms with Crippen molar-refractivity contribution < 1.29 is 5.11 Å². The standard InChI is InChI=1S/C5H11NO/c6-4-2-1-3-5(4)7/h4-5,7H,1-3,6H2/t4-,5+/m1/s1. The van der Waals surface area contributed by atoms with Gasteiger partial charge in [0.1, 0.15) is 0 Å². The quantitative estimate of drug-likeness (QED) is 0.446. The van der Waals surface area contributed by atoms with Crippen molar-refractivity contribution in [3.05, 3.63) is 0 Å². The van der Waals surface area contributed by atoms with Crippen LogP contribution in [0, 0.1) is 0 Å². The summed E-state index contributed by atoms with van der Waals surface area (Å²) in [5.74, 6) is 0. The van der Waals surface area contributed by atoms with E-state index in [0.29, 0.717) is 0 Å². The van der Waals surface area contributed by atoms with Crippen LogP contribution in [-0.2, 0) is 0 Å². The first-order valence-electron chi connectivity index (χ1n) is 2.74. The SMILES string of the molecule is N[C@@H]1CCC[C@@H]1O. The molecule has 3 N–H and O–H groups in total. The van der Waals surface area contributed by atoms with Crippen LogP contribution in [-0.4, -0.2) is 17.3 Å². The van der Waals surface area contributed by atoms with E-state index in [4.69, 9.17) is 10.8 Å². The summed E-state index contributed by atoms with van der Waals surface area (Å²) in [6, 6.07) is 0.0694. The molecule has 0 bridgehead atoms. The second-order valence-corrected chi connectivity index (χ2v) is 2.16. The minimum Gasteiger partial charge on any atom is -0.392 e. The van der Waals surface area contributed by atoms with Crippen LogP contribution in [0.2, 0.25) is 0 Å². The van der Waals surface area contributed by atoms with Gasteiger partial charge in [0.2, 0.25) is 0 Å². The molecule has 1 saturated carbocycles. The third-order valence-corrected chi connectivity index (χ3v) is 1.53. The smallest absolute Gasteiger partial charge is 0.0691 e. The molecule has 0 spiro atoms. The van der Waals surface area contributed by atoms with Crippen LogP contribution in [0.25, 0.3) is 0 Å². The van der Waals surface area contributed by atoms with Crippen molar-refractivity contribution in [2.24, 2.45) is 5.73 Å². The van der Waals surface area contributed by atoms with E-state index in [9.17, 15) is 0 Å². The van der Waals surface area contributed by atoms with Crippen molar-refractivity contribution >= 4 is 0 Å². The van der Waals surface area contributed by atoms with E-state index in [2.05, 4.69) is 0 Å². The Morgan fingerprint density at radius 1 is 1.43 bits per heavy atom. The molecule has 42 valence electrons. The topological polar surface area (TPSA) is 46.2 Å². The number of hydrogen-bond acceptors (Lipinski definition) is 2. The zero-order chi connectivity index (χ0) is 5.28. The summed E-state index contributed by atoms with van der Waals surface area (Å²) in [6.07, 6.45) is 2.80. The molecular formula is C5H11NO. The van der Waals surface area contributed by atoms with Gasteiger partial charge in [0.15, 0.2) is 0 Å². The molecule has 2 atom stereocenters. The van der Waals surface area contributed by atoms with Crippen molar-refractivity contribution in [3.63, 3.8) is 0 Å². The molecule has 2 heteroatoms. The normalized spacial score (nSPS) is 42.0. The highest BCUT2D eigenvalue weighted by molar-refractivity contribution is 4.78. The molecule has 0 radical (unpaired) electrons. The van der Waals surface area contributed by atoms with Gasteiger partial charge in [0.25, 0.3) is 0 Å². The van der Waals surface area contributed by atoms with E-state index in [1.54, 1.807) is 0 Å². The van der Waals surface area contributed by atoms with E-state index < -0.39 is 0 Å². The summed E-state index contributed by atoms with van der Waals surface area (Å²) in [5.41, 5.74) is 5.43. The van der Waals surface area contributed by atoms with Crippen molar-refractivity contribution in [2.75, 3.05) is 0 Å². The zero-order valence-corrected chi connectivity index (χ0v) is 4.30. The molecule has 1 aliphatic carbocycles. The van der Waals surface area contributed by atoms with E-state index in [1.807, 2.05) is 0 Å². The third kappa shape index (κ3) is 0.924. The molecular weight excluding hydrogens is 90.1 g/mol. The number of aliphatic hydroxyl groups excluding tert-OH is 1. The molecule has 1 fully saturated rings. The fourth-order valence-electron chi connectivity index (χ4n) is 0.969. The summed E-state index contributed by atoms with van der Waals surface area (Å²) < 4.78 is 0. The van der Waals surface area contributed by atoms with Gasteiger partial charge in [-0.05, 0) is 19.3 Å². The van der Waals surface area contributed by atoms with Crippen LogP contribution in [0.1, 0.15) is 19.3 Å². The molecule has 1 rings (SSSR count). The summed E-state index contributed by atoms with van der Waals surface area (Å²) in [5, 5.41) is 8.87. The molecule has 0 aromatic rings. The Bertz CT molecular complexity index is 57.1. The van der Waals surface area contributed by atoms with E-state index in [-0.39, 0.29) is 12.1 Å². The predicted molar refractivity (Wildman–Crippen MR) is 27.8 cm³/mol. The average molecular weight is 101 g/mol. The van der Waals surface area contributed by atoms with Gasteiger partial charge in [0, 0.05) is 6.04 Å². The maximum atomic E-state index is 8.87. The first-order chi connectivity index (χ1) is 3.30. The summed E-state index contributed by atoms with van der Waals surface area (Å²) >= 11 is 0. The molecule has 0 unspecified atom stereocenters. The fraction of sp³-hybridized carbons (Fsp3) is 1.00. The van der Waals surface area contributed by atoms with Crippen molar-refractivity contribution in [1.29, 1.82) is 0 Å². The third-order valence-electron chi connectivity index (χ3n) is 1.53. The van der Waals surface area contributed by atoms with Gasteiger partial charge in [-0.1, -0.05) is 0 Å². The summed E-state index contributed by atoms with van der Waals surface area (Å²) in [7, 11) is 0. The van der Waals surface area contributed by atoms with Gasteiger partial charge in [-0.25, -0.2) is 0 Å². The highest BCUT2D eigenvalue weighted by Gasteiger charge is 2.20. The highest BCUT2D eigenvalue weighted by atomic mass is 16.3. The molecule has 0 saturated heterocycles. The predicted octanol–water partition coefficient (Wildman–Crippen LogP) is -0.142. The molecule has 0 aromatic carbocycles. The number of aliphatic hydroxyl groups is 1. The Morgan fingerprint density at radius 3 is 2.29 bits per heavy atom. The van der Waals surface area contributed by atoms with Gasteiger partial charge in [0.05, 0.1) is 6.10 Å². The second-order valence-electron chi connectivity index (χ2n) is 2.16. The van der Waals surface area contributed by atoms with Gasteiger partial charge < -0.3 is 10.8 Å². The van der Waals surface area contributed by atoms with Gasteiger partial charge in [-0.3, -0.25) is 0 Å². The first kappa shape index (κ1) is 5.06. The minimum absolute atomic E-state index is 0.0694. The summed E-state index contributed by atoms with van der Waals surface area (Å²) in [4.78, 5) is 0. The average Bonchev–Trinajstić information content (AvgIpc) is 1.91. The second kappa shape index (κ2) is 1.80. The van der Waals surface area contributed by atoms with Gasteiger partial charge in [-0.2, -0.15) is 0 Å². The van der Waals surface area contributed by atoms with Crippen LogP contribution >= 0.6 is 0 Å². The van der Waals surface area contributed by atoms with Crippen molar-refractivity contribution in [3.8, 4) is 0 Å². The lowest BCUT2D eigenvalue weighted by atomic mass is 10.2. The van der Waals surface area contributed by atoms with E-state index >= 15 is 0 Å². The zero-order valence-electron chi connectivity index (χ0n) is 4.30. The minimum atomic E-state index is -0.208. The largest absolute Gasteiger partial charge is 0.392 e. The lowest BCUT2D eigenvalue weighted by molar-refractivity contribution is 0.165. The Morgan fingerprint density at radius 2 is 2.14 bits per heavy atom. The Balaban J connectivity index is 2.33. The Kier molecular flexibility index (Phi) is 1.30. The lowest BCUT2D eigenvalue weighted by Gasteiger charge is -2.04. The molecule has 0 aliphatic heterocycles. The molecule has 1 aliphatic rings. The monoisotopic (exact) mass is 101 g/mol. The Labute approximate surface area is 43.3 Å². The number of hydrogen-bond donors (Lipinski definition) is 2. The van der Waals surface area contributed by atoms with Gasteiger partial charge in [-0.15, -0.1) is 0 Å². The lowest BCUT2D eigenvalue weighted by Crippen LogP contribution is -2.28. The first-order valence-corrected chi connectivity index (χ1v) is 2.74. The maximum absolute atomic E-state index is 8.87. The number of nitrogens with two attached hydrogens (primary N) is 1.